The summed E-state index contributed by atoms with van der Waals surface area (Å²) in [6.45, 7) is 4.14. The van der Waals surface area contributed by atoms with Gasteiger partial charge in [-0.3, -0.25) is 9.59 Å². The Balaban J connectivity index is 1.42. The first kappa shape index (κ1) is 23.4. The summed E-state index contributed by atoms with van der Waals surface area (Å²) >= 11 is 6.06. The summed E-state index contributed by atoms with van der Waals surface area (Å²) in [5.74, 6) is 1.20. The van der Waals surface area contributed by atoms with Crippen LogP contribution in [0, 0.1) is 6.92 Å². The van der Waals surface area contributed by atoms with Crippen molar-refractivity contribution in [2.75, 3.05) is 30.0 Å². The first-order valence-corrected chi connectivity index (χ1v) is 11.3. The average Bonchev–Trinajstić information content (AvgIpc) is 2.81. The minimum absolute atomic E-state index is 0.175. The number of nitrogens with one attached hydrogen (secondary N) is 1. The lowest BCUT2D eigenvalue weighted by Crippen LogP contribution is -2.46. The molecule has 0 bridgehead atoms. The van der Waals surface area contributed by atoms with E-state index < -0.39 is 6.10 Å². The minimum atomic E-state index is -0.615. The van der Waals surface area contributed by atoms with Gasteiger partial charge in [0.05, 0.1) is 17.3 Å². The SMILES string of the molecule is Cc1cccc(OCCN2C(=O)C(C)Oc3ccc(NC(=O)COc4ccccc4Cl)cc32)c1. The third-order valence-electron chi connectivity index (χ3n) is 5.22. The highest BCUT2D eigenvalue weighted by molar-refractivity contribution is 6.32. The van der Waals surface area contributed by atoms with E-state index in [1.807, 2.05) is 31.2 Å². The number of hydrogen-bond donors (Lipinski definition) is 1. The van der Waals surface area contributed by atoms with Crippen LogP contribution >= 0.6 is 11.6 Å². The maximum absolute atomic E-state index is 12.8. The normalized spacial score (nSPS) is 14.7. The van der Waals surface area contributed by atoms with Crippen molar-refractivity contribution in [2.24, 2.45) is 0 Å². The zero-order chi connectivity index (χ0) is 24.1. The van der Waals surface area contributed by atoms with E-state index in [2.05, 4.69) is 5.32 Å². The van der Waals surface area contributed by atoms with Crippen LogP contribution < -0.4 is 24.4 Å². The summed E-state index contributed by atoms with van der Waals surface area (Å²) < 4.78 is 17.1. The van der Waals surface area contributed by atoms with Crippen molar-refractivity contribution in [3.8, 4) is 17.2 Å². The predicted octanol–water partition coefficient (Wildman–Crippen LogP) is 4.86. The predicted molar refractivity (Wildman–Crippen MR) is 131 cm³/mol. The van der Waals surface area contributed by atoms with Crippen molar-refractivity contribution in [1.82, 2.24) is 0 Å². The molecule has 0 spiro atoms. The number of carbonyl (C=O) groups is 2. The largest absolute Gasteiger partial charge is 0.492 e. The quantitative estimate of drug-likeness (QED) is 0.498. The van der Waals surface area contributed by atoms with Crippen LogP contribution in [0.25, 0.3) is 0 Å². The molecule has 0 fully saturated rings. The molecule has 0 saturated carbocycles. The Labute approximate surface area is 203 Å². The Kier molecular flexibility index (Phi) is 7.23. The maximum atomic E-state index is 12.8. The molecule has 0 aliphatic carbocycles. The molecule has 8 heteroatoms. The topological polar surface area (TPSA) is 77.1 Å². The van der Waals surface area contributed by atoms with Gasteiger partial charge >= 0.3 is 0 Å². The Bertz CT molecular complexity index is 1200. The van der Waals surface area contributed by atoms with Gasteiger partial charge in [-0.15, -0.1) is 0 Å². The van der Waals surface area contributed by atoms with Gasteiger partial charge in [0, 0.05) is 5.69 Å². The van der Waals surface area contributed by atoms with Gasteiger partial charge in [0.1, 0.15) is 23.9 Å². The summed E-state index contributed by atoms with van der Waals surface area (Å²) in [6.07, 6.45) is -0.615. The molecule has 1 atom stereocenters. The number of hydrogen-bond acceptors (Lipinski definition) is 5. The van der Waals surface area contributed by atoms with E-state index in [1.165, 1.54) is 0 Å². The Morgan fingerprint density at radius 3 is 2.71 bits per heavy atom. The summed E-state index contributed by atoms with van der Waals surface area (Å²) in [7, 11) is 0. The number of halogens is 1. The molecular formula is C26H25ClN2O5. The highest BCUT2D eigenvalue weighted by Crippen LogP contribution is 2.36. The summed E-state index contributed by atoms with van der Waals surface area (Å²) in [6, 6.07) is 19.8. The second-order valence-electron chi connectivity index (χ2n) is 7.86. The van der Waals surface area contributed by atoms with Crippen LogP contribution in [0.3, 0.4) is 0 Å². The van der Waals surface area contributed by atoms with Crippen molar-refractivity contribution in [3.63, 3.8) is 0 Å². The van der Waals surface area contributed by atoms with Crippen LogP contribution in [-0.4, -0.2) is 37.7 Å². The van der Waals surface area contributed by atoms with E-state index in [0.717, 1.165) is 11.3 Å². The lowest BCUT2D eigenvalue weighted by molar-refractivity contribution is -0.125. The zero-order valence-electron chi connectivity index (χ0n) is 18.9. The van der Waals surface area contributed by atoms with Gasteiger partial charge in [-0.1, -0.05) is 35.9 Å². The first-order chi connectivity index (χ1) is 16.4. The van der Waals surface area contributed by atoms with E-state index in [0.29, 0.717) is 41.0 Å². The first-order valence-electron chi connectivity index (χ1n) is 10.9. The Hall–Kier alpha value is -3.71. The van der Waals surface area contributed by atoms with Crippen LogP contribution in [0.5, 0.6) is 17.2 Å². The summed E-state index contributed by atoms with van der Waals surface area (Å²) in [5, 5.41) is 3.21. The van der Waals surface area contributed by atoms with Gasteiger partial charge in [-0.25, -0.2) is 0 Å². The molecule has 2 amide bonds. The highest BCUT2D eigenvalue weighted by Gasteiger charge is 2.31. The number of benzene rings is 3. The fourth-order valence-electron chi connectivity index (χ4n) is 3.58. The van der Waals surface area contributed by atoms with Gasteiger partial charge in [-0.05, 0) is 61.9 Å². The fraction of sp³-hybridized carbons (Fsp3) is 0.231. The molecule has 7 nitrogen and oxygen atoms in total. The number of para-hydroxylation sites is 1. The summed E-state index contributed by atoms with van der Waals surface area (Å²) in [5.41, 5.74) is 2.18. The van der Waals surface area contributed by atoms with Crippen LogP contribution in [0.15, 0.2) is 66.7 Å². The number of rotatable bonds is 8. The monoisotopic (exact) mass is 480 g/mol. The van der Waals surface area contributed by atoms with E-state index in [-0.39, 0.29) is 18.4 Å². The molecule has 0 radical (unpaired) electrons. The van der Waals surface area contributed by atoms with Gasteiger partial charge in [0.25, 0.3) is 11.8 Å². The van der Waals surface area contributed by atoms with Crippen LogP contribution in [0.4, 0.5) is 11.4 Å². The molecule has 0 saturated heterocycles. The molecule has 1 aliphatic rings. The zero-order valence-corrected chi connectivity index (χ0v) is 19.7. The molecule has 1 unspecified atom stereocenters. The standard InChI is InChI=1S/C26H25ClN2O5/c1-17-6-5-7-20(14-17)32-13-12-29-22-15-19(10-11-24(22)34-18(2)26(29)31)28-25(30)16-33-23-9-4-3-8-21(23)27/h3-11,14-15,18H,12-13,16H2,1-2H3,(H,28,30). The molecular weight excluding hydrogens is 456 g/mol. The number of amides is 2. The van der Waals surface area contributed by atoms with Crippen molar-refractivity contribution in [2.45, 2.75) is 20.0 Å². The second kappa shape index (κ2) is 10.5. The highest BCUT2D eigenvalue weighted by atomic mass is 35.5. The van der Waals surface area contributed by atoms with Crippen molar-refractivity contribution in [3.05, 3.63) is 77.3 Å². The smallest absolute Gasteiger partial charge is 0.267 e. The van der Waals surface area contributed by atoms with Crippen LogP contribution in [0.1, 0.15) is 12.5 Å². The molecule has 1 N–H and O–H groups in total. The number of anilines is 2. The number of aryl methyl sites for hydroxylation is 1. The maximum Gasteiger partial charge on any atom is 0.267 e. The molecule has 0 aromatic heterocycles. The number of ether oxygens (including phenoxy) is 3. The van der Waals surface area contributed by atoms with Crippen LogP contribution in [-0.2, 0) is 9.59 Å². The second-order valence-corrected chi connectivity index (χ2v) is 8.27. The fourth-order valence-corrected chi connectivity index (χ4v) is 3.77. The van der Waals surface area contributed by atoms with Crippen molar-refractivity contribution in [1.29, 1.82) is 0 Å². The molecule has 1 aliphatic heterocycles. The lowest BCUT2D eigenvalue weighted by Gasteiger charge is -2.33. The van der Waals surface area contributed by atoms with E-state index in [9.17, 15) is 9.59 Å². The Morgan fingerprint density at radius 1 is 1.09 bits per heavy atom. The van der Waals surface area contributed by atoms with Gasteiger partial charge < -0.3 is 24.4 Å². The lowest BCUT2D eigenvalue weighted by atomic mass is 10.1. The molecule has 176 valence electrons. The minimum Gasteiger partial charge on any atom is -0.492 e. The molecule has 1 heterocycles. The third-order valence-corrected chi connectivity index (χ3v) is 5.53. The molecule has 34 heavy (non-hydrogen) atoms. The summed E-state index contributed by atoms with van der Waals surface area (Å²) in [4.78, 5) is 26.9. The molecule has 4 rings (SSSR count). The number of fused-ring (bicyclic) bond motifs is 1. The third kappa shape index (κ3) is 5.61. The molecule has 3 aromatic rings. The van der Waals surface area contributed by atoms with Crippen molar-refractivity contribution < 1.29 is 23.8 Å². The van der Waals surface area contributed by atoms with Crippen molar-refractivity contribution >= 4 is 34.8 Å². The molecule has 3 aromatic carbocycles. The van der Waals surface area contributed by atoms with Gasteiger partial charge in [-0.2, -0.15) is 0 Å². The van der Waals surface area contributed by atoms with E-state index in [4.69, 9.17) is 25.8 Å². The average molecular weight is 481 g/mol. The van der Waals surface area contributed by atoms with Crippen LogP contribution in [0.2, 0.25) is 5.02 Å². The Morgan fingerprint density at radius 2 is 1.91 bits per heavy atom. The number of carbonyl (C=O) groups excluding carboxylic acids is 2. The number of nitrogens with zero attached hydrogens (tertiary/aromatic N) is 1. The van der Waals surface area contributed by atoms with E-state index >= 15 is 0 Å². The van der Waals surface area contributed by atoms with Gasteiger partial charge in [0.15, 0.2) is 12.7 Å². The van der Waals surface area contributed by atoms with Gasteiger partial charge in [0.2, 0.25) is 0 Å². The van der Waals surface area contributed by atoms with E-state index in [1.54, 1.807) is 54.3 Å².